The molecule has 6 heteroatoms. The van der Waals surface area contributed by atoms with Crippen molar-refractivity contribution < 1.29 is 18.3 Å². The number of rotatable bonds is 1. The van der Waals surface area contributed by atoms with Gasteiger partial charge in [-0.25, -0.2) is 8.42 Å². The number of β-amino-alcohol motifs (C(OH)–C–C–N with tert-alkyl or cyclic N) is 1. The first-order valence-electron chi connectivity index (χ1n) is 4.66. The molecule has 2 unspecified atom stereocenters. The zero-order valence-electron chi connectivity index (χ0n) is 7.72. The highest BCUT2D eigenvalue weighted by atomic mass is 32.2. The third-order valence-corrected chi connectivity index (χ3v) is 4.54. The molecule has 2 heterocycles. The smallest absolute Gasteiger partial charge is 0.225 e. The lowest BCUT2D eigenvalue weighted by Gasteiger charge is -2.22. The van der Waals surface area contributed by atoms with Gasteiger partial charge in [-0.05, 0) is 6.42 Å². The van der Waals surface area contributed by atoms with Gasteiger partial charge in [0.2, 0.25) is 5.91 Å². The van der Waals surface area contributed by atoms with E-state index in [-0.39, 0.29) is 29.9 Å². The van der Waals surface area contributed by atoms with Crippen molar-refractivity contribution >= 4 is 15.7 Å². The third-order valence-electron chi connectivity index (χ3n) is 2.79. The van der Waals surface area contributed by atoms with Crippen molar-refractivity contribution in [1.29, 1.82) is 0 Å². The van der Waals surface area contributed by atoms with Crippen LogP contribution in [0.3, 0.4) is 0 Å². The summed E-state index contributed by atoms with van der Waals surface area (Å²) >= 11 is 0. The van der Waals surface area contributed by atoms with Crippen LogP contribution in [0.15, 0.2) is 0 Å². The number of nitrogens with zero attached hydrogens (tertiary/aromatic N) is 1. The number of amides is 1. The van der Waals surface area contributed by atoms with Gasteiger partial charge in [-0.2, -0.15) is 0 Å². The zero-order valence-corrected chi connectivity index (χ0v) is 8.53. The average molecular weight is 219 g/mol. The summed E-state index contributed by atoms with van der Waals surface area (Å²) in [6.45, 7) is 0.291. The summed E-state index contributed by atoms with van der Waals surface area (Å²) in [5.74, 6) is 0.0998. The van der Waals surface area contributed by atoms with Gasteiger partial charge in [0, 0.05) is 12.6 Å². The van der Waals surface area contributed by atoms with Crippen LogP contribution in [0.25, 0.3) is 0 Å². The van der Waals surface area contributed by atoms with E-state index in [1.54, 1.807) is 0 Å². The minimum absolute atomic E-state index is 0.0610. The van der Waals surface area contributed by atoms with Gasteiger partial charge in [0.15, 0.2) is 9.84 Å². The number of aliphatic hydroxyl groups is 1. The molecule has 2 aliphatic rings. The Balaban J connectivity index is 2.07. The number of carbonyl (C=O) groups excluding carboxylic acids is 1. The minimum atomic E-state index is -2.95. The summed E-state index contributed by atoms with van der Waals surface area (Å²) in [4.78, 5) is 12.9. The monoisotopic (exact) mass is 219 g/mol. The van der Waals surface area contributed by atoms with E-state index >= 15 is 0 Å². The largest absolute Gasteiger partial charge is 0.391 e. The van der Waals surface area contributed by atoms with Gasteiger partial charge in [0.25, 0.3) is 0 Å². The van der Waals surface area contributed by atoms with Crippen molar-refractivity contribution in [2.75, 3.05) is 18.1 Å². The van der Waals surface area contributed by atoms with Crippen LogP contribution in [0.5, 0.6) is 0 Å². The Labute approximate surface area is 82.6 Å². The fourth-order valence-corrected chi connectivity index (χ4v) is 3.82. The van der Waals surface area contributed by atoms with E-state index in [1.165, 1.54) is 4.90 Å². The van der Waals surface area contributed by atoms with Crippen LogP contribution >= 0.6 is 0 Å². The normalized spacial score (nSPS) is 36.6. The maximum atomic E-state index is 11.4. The predicted octanol–water partition coefficient (Wildman–Crippen LogP) is -1.23. The highest BCUT2D eigenvalue weighted by Crippen LogP contribution is 2.22. The van der Waals surface area contributed by atoms with Crippen molar-refractivity contribution in [3.05, 3.63) is 0 Å². The molecule has 0 aromatic rings. The lowest BCUT2D eigenvalue weighted by molar-refractivity contribution is -0.129. The fourth-order valence-electron chi connectivity index (χ4n) is 2.09. The zero-order chi connectivity index (χ0) is 10.3. The Hall–Kier alpha value is -0.620. The van der Waals surface area contributed by atoms with Crippen LogP contribution in [0.1, 0.15) is 12.8 Å². The molecular formula is C8H13NO4S. The molecular weight excluding hydrogens is 206 g/mol. The standard InChI is InChI=1S/C8H13NO4S/c10-7-3-8(11)9(4-7)6-1-2-14(12,13)5-6/h6-7,10H,1-5H2. The average Bonchev–Trinajstić information content (AvgIpc) is 2.55. The third kappa shape index (κ3) is 1.76. The Morgan fingerprint density at radius 3 is 2.57 bits per heavy atom. The number of aliphatic hydroxyl groups excluding tert-OH is 1. The van der Waals surface area contributed by atoms with Crippen molar-refractivity contribution in [3.63, 3.8) is 0 Å². The van der Waals surface area contributed by atoms with Crippen LogP contribution in [0.2, 0.25) is 0 Å². The van der Waals surface area contributed by atoms with Crippen LogP contribution < -0.4 is 0 Å². The van der Waals surface area contributed by atoms with Crippen molar-refractivity contribution in [2.24, 2.45) is 0 Å². The molecule has 2 rings (SSSR count). The molecule has 0 aliphatic carbocycles. The summed E-state index contributed by atoms with van der Waals surface area (Å²) < 4.78 is 22.4. The number of carbonyl (C=O) groups is 1. The molecule has 1 amide bonds. The minimum Gasteiger partial charge on any atom is -0.391 e. The topological polar surface area (TPSA) is 74.7 Å². The van der Waals surface area contributed by atoms with Crippen molar-refractivity contribution in [2.45, 2.75) is 25.0 Å². The second-order valence-electron chi connectivity index (χ2n) is 3.96. The van der Waals surface area contributed by atoms with Gasteiger partial charge in [-0.15, -0.1) is 0 Å². The molecule has 80 valence electrons. The summed E-state index contributed by atoms with van der Waals surface area (Å²) in [6, 6.07) is -0.204. The van der Waals surface area contributed by atoms with E-state index in [0.717, 1.165) is 0 Å². The Bertz CT molecular complexity index is 350. The first-order chi connectivity index (χ1) is 6.48. The van der Waals surface area contributed by atoms with E-state index in [1.807, 2.05) is 0 Å². The van der Waals surface area contributed by atoms with Crippen LogP contribution in [0, 0.1) is 0 Å². The SMILES string of the molecule is O=C1CC(O)CN1C1CCS(=O)(=O)C1. The molecule has 2 fully saturated rings. The Kier molecular flexibility index (Phi) is 2.27. The van der Waals surface area contributed by atoms with Gasteiger partial charge >= 0.3 is 0 Å². The van der Waals surface area contributed by atoms with Gasteiger partial charge in [0.05, 0.1) is 24.0 Å². The van der Waals surface area contributed by atoms with Gasteiger partial charge in [-0.1, -0.05) is 0 Å². The highest BCUT2D eigenvalue weighted by Gasteiger charge is 2.39. The summed E-state index contributed by atoms with van der Waals surface area (Å²) in [6.07, 6.45) is 0.0305. The van der Waals surface area contributed by atoms with Gasteiger partial charge < -0.3 is 10.0 Å². The first-order valence-corrected chi connectivity index (χ1v) is 6.48. The molecule has 2 saturated heterocycles. The Morgan fingerprint density at radius 2 is 2.14 bits per heavy atom. The van der Waals surface area contributed by atoms with Crippen LogP contribution in [-0.4, -0.2) is 54.5 Å². The molecule has 0 radical (unpaired) electrons. The molecule has 2 atom stereocenters. The fraction of sp³-hybridized carbons (Fsp3) is 0.875. The molecule has 1 N–H and O–H groups in total. The molecule has 2 aliphatic heterocycles. The van der Waals surface area contributed by atoms with Gasteiger partial charge in [-0.3, -0.25) is 4.79 Å². The number of likely N-dealkylation sites (tertiary alicyclic amines) is 1. The lowest BCUT2D eigenvalue weighted by Crippen LogP contribution is -2.37. The van der Waals surface area contributed by atoms with E-state index in [2.05, 4.69) is 0 Å². The summed E-state index contributed by atoms with van der Waals surface area (Å²) in [5, 5.41) is 9.25. The maximum absolute atomic E-state index is 11.4. The summed E-state index contributed by atoms with van der Waals surface area (Å²) in [5.41, 5.74) is 0. The molecule has 0 saturated carbocycles. The highest BCUT2D eigenvalue weighted by molar-refractivity contribution is 7.91. The summed E-state index contributed by atoms with van der Waals surface area (Å²) in [7, 11) is -2.95. The molecule has 5 nitrogen and oxygen atoms in total. The molecule has 14 heavy (non-hydrogen) atoms. The van der Waals surface area contributed by atoms with E-state index in [4.69, 9.17) is 0 Å². The molecule has 0 aromatic heterocycles. The molecule has 0 spiro atoms. The number of sulfone groups is 1. The Morgan fingerprint density at radius 1 is 1.43 bits per heavy atom. The number of hydrogen-bond acceptors (Lipinski definition) is 4. The van der Waals surface area contributed by atoms with E-state index in [9.17, 15) is 18.3 Å². The first kappa shape index (κ1) is 9.92. The second kappa shape index (κ2) is 3.20. The van der Waals surface area contributed by atoms with Crippen LogP contribution in [0.4, 0.5) is 0 Å². The van der Waals surface area contributed by atoms with E-state index < -0.39 is 15.9 Å². The predicted molar refractivity (Wildman–Crippen MR) is 49.4 cm³/mol. The number of hydrogen-bond donors (Lipinski definition) is 1. The van der Waals surface area contributed by atoms with Crippen molar-refractivity contribution in [1.82, 2.24) is 4.90 Å². The van der Waals surface area contributed by atoms with Crippen molar-refractivity contribution in [3.8, 4) is 0 Å². The van der Waals surface area contributed by atoms with E-state index in [0.29, 0.717) is 13.0 Å². The lowest BCUT2D eigenvalue weighted by atomic mass is 10.2. The maximum Gasteiger partial charge on any atom is 0.225 e. The second-order valence-corrected chi connectivity index (χ2v) is 6.19. The molecule has 0 bridgehead atoms. The molecule has 0 aromatic carbocycles. The van der Waals surface area contributed by atoms with Crippen LogP contribution in [-0.2, 0) is 14.6 Å². The van der Waals surface area contributed by atoms with Gasteiger partial charge in [0.1, 0.15) is 0 Å². The quantitative estimate of drug-likeness (QED) is 0.599.